The van der Waals surface area contributed by atoms with Gasteiger partial charge in [-0.2, -0.15) is 0 Å². The van der Waals surface area contributed by atoms with Gasteiger partial charge in [0, 0.05) is 11.4 Å². The fourth-order valence-corrected chi connectivity index (χ4v) is 8.45. The highest BCUT2D eigenvalue weighted by molar-refractivity contribution is 7.93. The first-order chi connectivity index (χ1) is 24.3. The van der Waals surface area contributed by atoms with E-state index in [4.69, 9.17) is 20.9 Å². The molecule has 260 valence electrons. The first-order valence-corrected chi connectivity index (χ1v) is 19.5. The second-order valence-electron chi connectivity index (χ2n) is 11.0. The monoisotopic (exact) mass is 742 g/mol. The van der Waals surface area contributed by atoms with Gasteiger partial charge < -0.3 is 20.9 Å². The van der Waals surface area contributed by atoms with Crippen molar-refractivity contribution in [3.63, 3.8) is 0 Å². The Morgan fingerprint density at radius 3 is 1.14 bits per heavy atom. The number of para-hydroxylation sites is 2. The van der Waals surface area contributed by atoms with Crippen LogP contribution in [-0.4, -0.2) is 25.3 Å². The largest absolute Gasteiger partial charge is 0.456 e. The van der Waals surface area contributed by atoms with Gasteiger partial charge in [-0.05, 0) is 109 Å². The highest BCUT2D eigenvalue weighted by Gasteiger charge is 2.29. The third kappa shape index (κ3) is 8.07. The Morgan fingerprint density at radius 2 is 0.784 bits per heavy atom. The topological polar surface area (TPSA) is 197 Å². The van der Waals surface area contributed by atoms with Crippen molar-refractivity contribution in [2.75, 3.05) is 20.9 Å². The van der Waals surface area contributed by atoms with Crippen molar-refractivity contribution < 1.29 is 34.7 Å². The van der Waals surface area contributed by atoms with Crippen LogP contribution in [0, 0.1) is 0 Å². The lowest BCUT2D eigenvalue weighted by atomic mass is 10.3. The fraction of sp³-hybridized carbons (Fsp3) is 0. The molecular formula is C36H30N4O8S3. The molecule has 0 fully saturated rings. The van der Waals surface area contributed by atoms with Gasteiger partial charge in [-0.15, -0.1) is 0 Å². The average molecular weight is 743 g/mol. The molecule has 0 spiro atoms. The zero-order valence-corrected chi connectivity index (χ0v) is 29.0. The normalized spacial score (nSPS) is 11.8. The van der Waals surface area contributed by atoms with Crippen LogP contribution in [0.2, 0.25) is 0 Å². The molecule has 0 saturated carbocycles. The summed E-state index contributed by atoms with van der Waals surface area (Å²) in [6, 6.07) is 35.2. The summed E-state index contributed by atoms with van der Waals surface area (Å²) in [5.41, 5.74) is 11.9. The molecule has 0 aliphatic heterocycles. The van der Waals surface area contributed by atoms with Gasteiger partial charge in [0.05, 0.1) is 21.2 Å². The van der Waals surface area contributed by atoms with E-state index in [1.165, 1.54) is 72.8 Å². The molecule has 6 aromatic rings. The van der Waals surface area contributed by atoms with E-state index >= 15 is 0 Å². The van der Waals surface area contributed by atoms with Crippen LogP contribution in [0.3, 0.4) is 0 Å². The first kappa shape index (κ1) is 34.8. The van der Waals surface area contributed by atoms with E-state index in [0.717, 1.165) is 12.1 Å². The van der Waals surface area contributed by atoms with Crippen LogP contribution in [0.1, 0.15) is 0 Å². The van der Waals surface area contributed by atoms with E-state index in [-0.39, 0.29) is 32.7 Å². The van der Waals surface area contributed by atoms with Gasteiger partial charge in [0.1, 0.15) is 32.8 Å². The van der Waals surface area contributed by atoms with E-state index in [1.807, 2.05) is 0 Å². The van der Waals surface area contributed by atoms with Crippen molar-refractivity contribution >= 4 is 52.6 Å². The van der Waals surface area contributed by atoms with Crippen LogP contribution < -0.4 is 30.4 Å². The van der Waals surface area contributed by atoms with Gasteiger partial charge in [0.15, 0.2) is 0 Å². The van der Waals surface area contributed by atoms with E-state index in [2.05, 4.69) is 9.44 Å². The zero-order chi connectivity index (χ0) is 36.2. The predicted octanol–water partition coefficient (Wildman–Crippen LogP) is 6.87. The highest BCUT2D eigenvalue weighted by Crippen LogP contribution is 2.41. The third-order valence-corrected chi connectivity index (χ3v) is 11.9. The summed E-state index contributed by atoms with van der Waals surface area (Å²) >= 11 is 0. The van der Waals surface area contributed by atoms with Crippen LogP contribution in [0.5, 0.6) is 23.0 Å². The molecule has 6 aromatic carbocycles. The van der Waals surface area contributed by atoms with Crippen molar-refractivity contribution in [1.29, 1.82) is 0 Å². The van der Waals surface area contributed by atoms with Gasteiger partial charge >= 0.3 is 0 Å². The molecular weight excluding hydrogens is 713 g/mol. The molecule has 0 heterocycles. The Balaban J connectivity index is 1.48. The van der Waals surface area contributed by atoms with Crippen molar-refractivity contribution in [3.8, 4) is 23.0 Å². The number of anilines is 4. The molecule has 6 N–H and O–H groups in total. The second-order valence-corrected chi connectivity index (χ2v) is 16.3. The minimum Gasteiger partial charge on any atom is -0.456 e. The number of rotatable bonds is 12. The number of nitrogens with two attached hydrogens (primary N) is 2. The van der Waals surface area contributed by atoms with Gasteiger partial charge in [-0.3, -0.25) is 9.44 Å². The highest BCUT2D eigenvalue weighted by atomic mass is 32.2. The van der Waals surface area contributed by atoms with Crippen molar-refractivity contribution in [2.24, 2.45) is 0 Å². The molecule has 12 nitrogen and oxygen atoms in total. The lowest BCUT2D eigenvalue weighted by Gasteiger charge is -2.18. The minimum atomic E-state index is -4.69. The van der Waals surface area contributed by atoms with Gasteiger partial charge in [-0.1, -0.05) is 36.4 Å². The number of hydrogen-bond donors (Lipinski definition) is 4. The molecule has 0 aliphatic rings. The summed E-state index contributed by atoms with van der Waals surface area (Å²) in [5, 5.41) is 0. The molecule has 0 aromatic heterocycles. The Labute approximate surface area is 295 Å². The minimum absolute atomic E-state index is 0.100. The van der Waals surface area contributed by atoms with Crippen LogP contribution in [-0.2, 0) is 29.9 Å². The summed E-state index contributed by atoms with van der Waals surface area (Å²) in [7, 11) is -13.1. The number of nitrogens with one attached hydrogen (secondary N) is 2. The molecule has 6 rings (SSSR count). The zero-order valence-electron chi connectivity index (χ0n) is 26.5. The van der Waals surface area contributed by atoms with Crippen LogP contribution >= 0.6 is 0 Å². The first-order valence-electron chi connectivity index (χ1n) is 15.1. The summed E-state index contributed by atoms with van der Waals surface area (Å²) in [6.45, 7) is 0. The summed E-state index contributed by atoms with van der Waals surface area (Å²) in [4.78, 5) is -1.10. The molecule has 0 unspecified atom stereocenters. The van der Waals surface area contributed by atoms with E-state index in [0.29, 0.717) is 22.9 Å². The maximum absolute atomic E-state index is 14.8. The lowest BCUT2D eigenvalue weighted by Crippen LogP contribution is -2.15. The van der Waals surface area contributed by atoms with Gasteiger partial charge in [-0.25, -0.2) is 25.3 Å². The molecule has 0 aliphatic carbocycles. The molecule has 51 heavy (non-hydrogen) atoms. The van der Waals surface area contributed by atoms with Crippen molar-refractivity contribution in [3.05, 3.63) is 146 Å². The Morgan fingerprint density at radius 1 is 0.431 bits per heavy atom. The van der Waals surface area contributed by atoms with Crippen LogP contribution in [0.4, 0.5) is 22.7 Å². The number of benzene rings is 6. The van der Waals surface area contributed by atoms with Gasteiger partial charge in [0.2, 0.25) is 9.84 Å². The summed E-state index contributed by atoms with van der Waals surface area (Å²) in [6.07, 6.45) is 0. The molecule has 0 saturated heterocycles. The van der Waals surface area contributed by atoms with Crippen molar-refractivity contribution in [1.82, 2.24) is 0 Å². The molecule has 0 atom stereocenters. The number of sulfone groups is 1. The smallest absolute Gasteiger partial charge is 0.261 e. The van der Waals surface area contributed by atoms with E-state index in [9.17, 15) is 25.3 Å². The van der Waals surface area contributed by atoms with Crippen molar-refractivity contribution in [2.45, 2.75) is 19.6 Å². The van der Waals surface area contributed by atoms with Gasteiger partial charge in [0.25, 0.3) is 20.0 Å². The number of ether oxygens (including phenoxy) is 2. The standard InChI is InChI=1S/C36H30N4O8S3/c37-25-11-17-31(18-12-25)50(43,44)39-27-15-21-33(47-29-7-3-1-4-8-29)35(23-27)49(41,42)36-24-28(16-22-34(36)48-30-9-5-2-6-10-30)40-51(45,46)32-19-13-26(38)14-20-32/h1-24,39-40H,37-38H2. The predicted molar refractivity (Wildman–Crippen MR) is 195 cm³/mol. The number of sulfonamides is 2. The maximum atomic E-state index is 14.8. The van der Waals surface area contributed by atoms with Crippen LogP contribution in [0.15, 0.2) is 165 Å². The SMILES string of the molecule is Nc1ccc(S(=O)(=O)Nc2ccc(Oc3ccccc3)c(S(=O)(=O)c3cc(NS(=O)(=O)c4ccc(N)cc4)ccc3Oc3ccccc3)c2)cc1. The third-order valence-electron chi connectivity index (χ3n) is 7.29. The molecule has 0 amide bonds. The molecule has 0 radical (unpaired) electrons. The molecule has 15 heteroatoms. The second kappa shape index (κ2) is 14.1. The lowest BCUT2D eigenvalue weighted by molar-refractivity contribution is 0.462. The quantitative estimate of drug-likeness (QED) is 0.0961. The molecule has 0 bridgehead atoms. The summed E-state index contributed by atoms with van der Waals surface area (Å²) < 4.78 is 99.4. The average Bonchev–Trinajstić information content (AvgIpc) is 3.10. The van der Waals surface area contributed by atoms with E-state index < -0.39 is 39.7 Å². The Hall–Kier alpha value is -6.03. The number of hydrogen-bond acceptors (Lipinski definition) is 10. The van der Waals surface area contributed by atoms with Crippen LogP contribution in [0.25, 0.3) is 0 Å². The Bertz CT molecular complexity index is 2340. The Kier molecular flexibility index (Phi) is 9.60. The summed E-state index contributed by atoms with van der Waals surface area (Å²) in [5.74, 6) is 0.315. The van der Waals surface area contributed by atoms with E-state index in [1.54, 1.807) is 60.7 Å². The number of nitrogen functional groups attached to an aromatic ring is 2. The maximum Gasteiger partial charge on any atom is 0.261 e. The fourth-order valence-electron chi connectivity index (χ4n) is 4.80.